The van der Waals surface area contributed by atoms with Crippen LogP contribution in [0.4, 0.5) is 0 Å². The molecule has 24 heavy (non-hydrogen) atoms. The van der Waals surface area contributed by atoms with Crippen LogP contribution < -0.4 is 10.6 Å². The summed E-state index contributed by atoms with van der Waals surface area (Å²) in [5.74, 6) is -0.106. The third-order valence-electron chi connectivity index (χ3n) is 3.88. The van der Waals surface area contributed by atoms with Gasteiger partial charge < -0.3 is 10.6 Å². The number of benzene rings is 1. The van der Waals surface area contributed by atoms with Crippen LogP contribution in [0.5, 0.6) is 0 Å². The summed E-state index contributed by atoms with van der Waals surface area (Å²) in [4.78, 5) is 17.3. The number of nitrogens with one attached hydrogen (secondary N) is 2. The van der Waals surface area contributed by atoms with Gasteiger partial charge in [0.15, 0.2) is 5.65 Å². The average molecular weight is 323 g/mol. The molecular formula is C18H21N5O. The lowest BCUT2D eigenvalue weighted by Crippen LogP contribution is -2.30. The van der Waals surface area contributed by atoms with Gasteiger partial charge in [-0.3, -0.25) is 4.79 Å². The number of aromatic nitrogens is 3. The van der Waals surface area contributed by atoms with Crippen LogP contribution in [0.25, 0.3) is 22.3 Å². The molecule has 3 aromatic rings. The van der Waals surface area contributed by atoms with Crippen molar-refractivity contribution >= 4 is 16.9 Å². The molecule has 0 saturated carbocycles. The van der Waals surface area contributed by atoms with Gasteiger partial charge in [-0.15, -0.1) is 0 Å². The van der Waals surface area contributed by atoms with E-state index in [1.165, 1.54) is 0 Å². The van der Waals surface area contributed by atoms with E-state index in [1.807, 2.05) is 55.1 Å². The fourth-order valence-corrected chi connectivity index (χ4v) is 2.62. The van der Waals surface area contributed by atoms with Crippen LogP contribution >= 0.6 is 0 Å². The van der Waals surface area contributed by atoms with Crippen LogP contribution in [0.15, 0.2) is 42.6 Å². The second-order valence-electron chi connectivity index (χ2n) is 5.48. The summed E-state index contributed by atoms with van der Waals surface area (Å²) >= 11 is 0. The lowest BCUT2D eigenvalue weighted by Gasteiger charge is -2.09. The van der Waals surface area contributed by atoms with Crippen LogP contribution in [-0.2, 0) is 6.54 Å². The number of fused-ring (bicyclic) bond motifs is 1. The van der Waals surface area contributed by atoms with Gasteiger partial charge in [0.1, 0.15) is 0 Å². The predicted octanol–water partition coefficient (Wildman–Crippen LogP) is 2.07. The zero-order valence-corrected chi connectivity index (χ0v) is 13.9. The van der Waals surface area contributed by atoms with E-state index in [1.54, 1.807) is 6.20 Å². The molecule has 0 atom stereocenters. The van der Waals surface area contributed by atoms with E-state index in [0.717, 1.165) is 28.8 Å². The first-order valence-electron chi connectivity index (χ1n) is 8.09. The molecule has 0 unspecified atom stereocenters. The third kappa shape index (κ3) is 3.14. The molecule has 6 heteroatoms. The maximum atomic E-state index is 12.6. The normalized spacial score (nSPS) is 10.9. The molecule has 0 spiro atoms. The molecule has 2 aromatic heterocycles. The van der Waals surface area contributed by atoms with E-state index in [2.05, 4.69) is 15.7 Å². The van der Waals surface area contributed by atoms with Gasteiger partial charge in [-0.05, 0) is 20.0 Å². The van der Waals surface area contributed by atoms with E-state index in [0.29, 0.717) is 18.7 Å². The monoisotopic (exact) mass is 323 g/mol. The Morgan fingerprint density at radius 2 is 2.00 bits per heavy atom. The summed E-state index contributed by atoms with van der Waals surface area (Å²) in [6.07, 6.45) is 1.72. The van der Waals surface area contributed by atoms with Gasteiger partial charge in [-0.25, -0.2) is 9.67 Å². The van der Waals surface area contributed by atoms with Gasteiger partial charge >= 0.3 is 0 Å². The molecule has 1 amide bonds. The average Bonchev–Trinajstić information content (AvgIpc) is 3.04. The van der Waals surface area contributed by atoms with Crippen LogP contribution in [0.1, 0.15) is 17.3 Å². The summed E-state index contributed by atoms with van der Waals surface area (Å²) in [5, 5.41) is 11.1. The molecule has 0 aliphatic rings. The van der Waals surface area contributed by atoms with Gasteiger partial charge in [0, 0.05) is 25.2 Å². The molecule has 0 bridgehead atoms. The van der Waals surface area contributed by atoms with E-state index >= 15 is 0 Å². The first kappa shape index (κ1) is 16.1. The van der Waals surface area contributed by atoms with Crippen molar-refractivity contribution in [3.63, 3.8) is 0 Å². The van der Waals surface area contributed by atoms with Crippen molar-refractivity contribution < 1.29 is 4.79 Å². The molecule has 2 N–H and O–H groups in total. The number of likely N-dealkylation sites (N-methyl/N-ethyl adjacent to an activating group) is 1. The predicted molar refractivity (Wildman–Crippen MR) is 94.9 cm³/mol. The minimum atomic E-state index is -0.106. The summed E-state index contributed by atoms with van der Waals surface area (Å²) in [7, 11) is 1.86. The van der Waals surface area contributed by atoms with Crippen LogP contribution in [0.2, 0.25) is 0 Å². The Kier molecular flexibility index (Phi) is 4.86. The fourth-order valence-electron chi connectivity index (χ4n) is 2.62. The number of carbonyl (C=O) groups excluding carboxylic acids is 1. The second-order valence-corrected chi connectivity index (χ2v) is 5.48. The molecule has 3 rings (SSSR count). The van der Waals surface area contributed by atoms with Crippen molar-refractivity contribution in [3.8, 4) is 11.3 Å². The van der Waals surface area contributed by atoms with Crippen molar-refractivity contribution in [1.29, 1.82) is 0 Å². The Morgan fingerprint density at radius 3 is 2.71 bits per heavy atom. The standard InChI is InChI=1S/C18H21N5O/c1-3-23-17-15(12-21-23)14(18(24)20-10-9-19-2)11-16(22-17)13-7-5-4-6-8-13/h4-8,11-12,19H,3,9-10H2,1-2H3,(H,20,24). The second kappa shape index (κ2) is 7.23. The third-order valence-corrected chi connectivity index (χ3v) is 3.88. The molecule has 0 saturated heterocycles. The number of carbonyl (C=O) groups is 1. The number of aryl methyl sites for hydroxylation is 1. The number of hydrogen-bond donors (Lipinski definition) is 2. The largest absolute Gasteiger partial charge is 0.351 e. The summed E-state index contributed by atoms with van der Waals surface area (Å²) in [6.45, 7) is 4.01. The molecule has 2 heterocycles. The maximum absolute atomic E-state index is 12.6. The molecule has 0 aliphatic carbocycles. The van der Waals surface area contributed by atoms with Crippen molar-refractivity contribution in [2.24, 2.45) is 0 Å². The SMILES string of the molecule is CCn1ncc2c(C(=O)NCCNC)cc(-c3ccccc3)nc21. The van der Waals surface area contributed by atoms with E-state index in [9.17, 15) is 4.79 Å². The molecule has 1 aromatic carbocycles. The highest BCUT2D eigenvalue weighted by Gasteiger charge is 2.16. The zero-order chi connectivity index (χ0) is 16.9. The molecule has 6 nitrogen and oxygen atoms in total. The number of rotatable bonds is 6. The van der Waals surface area contributed by atoms with Gasteiger partial charge in [-0.2, -0.15) is 5.10 Å². The topological polar surface area (TPSA) is 71.8 Å². The first-order valence-corrected chi connectivity index (χ1v) is 8.09. The molecule has 0 fully saturated rings. The Hall–Kier alpha value is -2.73. The van der Waals surface area contributed by atoms with Crippen LogP contribution in [0.3, 0.4) is 0 Å². The Labute approximate surface area is 140 Å². The van der Waals surface area contributed by atoms with E-state index in [-0.39, 0.29) is 5.91 Å². The van der Waals surface area contributed by atoms with Crippen molar-refractivity contribution in [3.05, 3.63) is 48.2 Å². The zero-order valence-electron chi connectivity index (χ0n) is 13.9. The number of pyridine rings is 1. The highest BCUT2D eigenvalue weighted by atomic mass is 16.1. The minimum Gasteiger partial charge on any atom is -0.351 e. The lowest BCUT2D eigenvalue weighted by molar-refractivity contribution is 0.0956. The Balaban J connectivity index is 2.09. The maximum Gasteiger partial charge on any atom is 0.252 e. The lowest BCUT2D eigenvalue weighted by atomic mass is 10.1. The van der Waals surface area contributed by atoms with Crippen molar-refractivity contribution in [2.75, 3.05) is 20.1 Å². The van der Waals surface area contributed by atoms with Crippen molar-refractivity contribution in [1.82, 2.24) is 25.4 Å². The van der Waals surface area contributed by atoms with Crippen molar-refractivity contribution in [2.45, 2.75) is 13.5 Å². The smallest absolute Gasteiger partial charge is 0.252 e. The molecule has 0 radical (unpaired) electrons. The molecular weight excluding hydrogens is 302 g/mol. The number of nitrogens with zero attached hydrogens (tertiary/aromatic N) is 3. The summed E-state index contributed by atoms with van der Waals surface area (Å²) < 4.78 is 1.81. The van der Waals surface area contributed by atoms with Crippen LogP contribution in [-0.4, -0.2) is 40.8 Å². The van der Waals surface area contributed by atoms with Gasteiger partial charge in [0.2, 0.25) is 0 Å². The Morgan fingerprint density at radius 1 is 1.21 bits per heavy atom. The van der Waals surface area contributed by atoms with Crippen LogP contribution in [0, 0.1) is 0 Å². The number of hydrogen-bond acceptors (Lipinski definition) is 4. The minimum absolute atomic E-state index is 0.106. The highest BCUT2D eigenvalue weighted by Crippen LogP contribution is 2.24. The number of amides is 1. The quantitative estimate of drug-likeness (QED) is 0.681. The first-order chi connectivity index (χ1) is 11.7. The van der Waals surface area contributed by atoms with E-state index < -0.39 is 0 Å². The van der Waals surface area contributed by atoms with Gasteiger partial charge in [-0.1, -0.05) is 30.3 Å². The van der Waals surface area contributed by atoms with E-state index in [4.69, 9.17) is 4.98 Å². The summed E-state index contributed by atoms with van der Waals surface area (Å²) in [6, 6.07) is 11.7. The summed E-state index contributed by atoms with van der Waals surface area (Å²) in [5.41, 5.74) is 3.09. The van der Waals surface area contributed by atoms with Gasteiger partial charge in [0.25, 0.3) is 5.91 Å². The molecule has 124 valence electrons. The fraction of sp³-hybridized carbons (Fsp3) is 0.278. The highest BCUT2D eigenvalue weighted by molar-refractivity contribution is 6.06. The Bertz CT molecular complexity index is 841. The molecule has 0 aliphatic heterocycles. The van der Waals surface area contributed by atoms with Gasteiger partial charge in [0.05, 0.1) is 22.8 Å².